The zero-order chi connectivity index (χ0) is 15.5. The summed E-state index contributed by atoms with van der Waals surface area (Å²) in [4.78, 5) is 0.198. The standard InChI is InChI=1S/C14H20BrNO4S/c1-16(9-11-4-6-20-7-5-11)21(18,19)14-8-12(10-17)2-3-13(14)15/h2-3,8,11,17H,4-7,9-10H2,1H3. The minimum absolute atomic E-state index is 0.181. The van der Waals surface area contributed by atoms with Crippen LogP contribution in [0.1, 0.15) is 18.4 Å². The summed E-state index contributed by atoms with van der Waals surface area (Å²) in [6.45, 7) is 1.70. The van der Waals surface area contributed by atoms with Crippen LogP contribution in [0.15, 0.2) is 27.6 Å². The first-order valence-corrected chi connectivity index (χ1v) is 9.12. The number of benzene rings is 1. The van der Waals surface area contributed by atoms with Gasteiger partial charge in [0.05, 0.1) is 11.5 Å². The van der Waals surface area contributed by atoms with Gasteiger partial charge in [-0.3, -0.25) is 0 Å². The summed E-state index contributed by atoms with van der Waals surface area (Å²) in [5, 5.41) is 9.18. The summed E-state index contributed by atoms with van der Waals surface area (Å²) in [6.07, 6.45) is 1.77. The van der Waals surface area contributed by atoms with Crippen LogP contribution in [-0.2, 0) is 21.4 Å². The monoisotopic (exact) mass is 377 g/mol. The van der Waals surface area contributed by atoms with Crippen LogP contribution in [-0.4, -0.2) is 44.6 Å². The van der Waals surface area contributed by atoms with Gasteiger partial charge >= 0.3 is 0 Å². The number of sulfonamides is 1. The van der Waals surface area contributed by atoms with E-state index in [0.29, 0.717) is 35.7 Å². The fourth-order valence-corrected chi connectivity index (χ4v) is 4.62. The number of nitrogens with zero attached hydrogens (tertiary/aromatic N) is 1. The Balaban J connectivity index is 2.20. The van der Waals surface area contributed by atoms with Crippen LogP contribution < -0.4 is 0 Å². The first-order valence-electron chi connectivity index (χ1n) is 6.88. The Morgan fingerprint density at radius 3 is 2.67 bits per heavy atom. The van der Waals surface area contributed by atoms with Crippen molar-refractivity contribution >= 4 is 26.0 Å². The molecule has 21 heavy (non-hydrogen) atoms. The van der Waals surface area contributed by atoms with Crippen molar-refractivity contribution in [1.29, 1.82) is 0 Å². The van der Waals surface area contributed by atoms with Crippen LogP contribution in [0.4, 0.5) is 0 Å². The van der Waals surface area contributed by atoms with Crippen LogP contribution in [0.25, 0.3) is 0 Å². The normalized spacial score (nSPS) is 17.3. The molecule has 5 nitrogen and oxygen atoms in total. The van der Waals surface area contributed by atoms with Gasteiger partial charge in [0.25, 0.3) is 0 Å². The maximum atomic E-state index is 12.7. The molecule has 0 saturated carbocycles. The predicted octanol–water partition coefficient (Wildman–Crippen LogP) is 1.99. The molecule has 1 N–H and O–H groups in total. The third-order valence-electron chi connectivity index (χ3n) is 3.72. The first kappa shape index (κ1) is 16.9. The average Bonchev–Trinajstić information content (AvgIpc) is 2.48. The summed E-state index contributed by atoms with van der Waals surface area (Å²) in [5.74, 6) is 0.332. The van der Waals surface area contributed by atoms with Crippen LogP contribution >= 0.6 is 15.9 Å². The Bertz CT molecular complexity index is 585. The summed E-state index contributed by atoms with van der Waals surface area (Å²) in [5.41, 5.74) is 0.580. The number of halogens is 1. The van der Waals surface area contributed by atoms with Crippen molar-refractivity contribution in [2.45, 2.75) is 24.3 Å². The molecule has 0 unspecified atom stereocenters. The largest absolute Gasteiger partial charge is 0.392 e. The van der Waals surface area contributed by atoms with E-state index in [9.17, 15) is 13.5 Å². The molecule has 1 aliphatic rings. The van der Waals surface area contributed by atoms with Gasteiger partial charge in [-0.2, -0.15) is 0 Å². The molecule has 1 aromatic carbocycles. The van der Waals surface area contributed by atoms with Crippen LogP contribution in [0.3, 0.4) is 0 Å². The number of hydrogen-bond acceptors (Lipinski definition) is 4. The Morgan fingerprint density at radius 2 is 2.05 bits per heavy atom. The van der Waals surface area contributed by atoms with Crippen LogP contribution in [0, 0.1) is 5.92 Å². The zero-order valence-corrected chi connectivity index (χ0v) is 14.4. The van der Waals surface area contributed by atoms with Crippen molar-refractivity contribution in [2.24, 2.45) is 5.92 Å². The second-order valence-corrected chi connectivity index (χ2v) is 8.13. The summed E-state index contributed by atoms with van der Waals surface area (Å²) in [7, 11) is -1.97. The SMILES string of the molecule is CN(CC1CCOCC1)S(=O)(=O)c1cc(CO)ccc1Br. The highest BCUT2D eigenvalue weighted by molar-refractivity contribution is 9.10. The molecule has 0 aromatic heterocycles. The molecule has 0 aliphatic carbocycles. The van der Waals surface area contributed by atoms with Crippen molar-refractivity contribution in [1.82, 2.24) is 4.31 Å². The number of ether oxygens (including phenoxy) is 1. The first-order chi connectivity index (χ1) is 9.95. The molecule has 1 heterocycles. The lowest BCUT2D eigenvalue weighted by Gasteiger charge is -2.27. The lowest BCUT2D eigenvalue weighted by atomic mass is 10.0. The Hall–Kier alpha value is -0.470. The van der Waals surface area contributed by atoms with Crippen molar-refractivity contribution in [2.75, 3.05) is 26.8 Å². The molecule has 0 atom stereocenters. The van der Waals surface area contributed by atoms with Gasteiger partial charge in [0, 0.05) is 31.3 Å². The van der Waals surface area contributed by atoms with E-state index in [1.165, 1.54) is 10.4 Å². The summed E-state index contributed by atoms with van der Waals surface area (Å²) < 4.78 is 32.6. The fraction of sp³-hybridized carbons (Fsp3) is 0.571. The molecule has 1 saturated heterocycles. The number of aliphatic hydroxyl groups is 1. The van der Waals surface area contributed by atoms with Crippen LogP contribution in [0.2, 0.25) is 0 Å². The highest BCUT2D eigenvalue weighted by atomic mass is 79.9. The van der Waals surface area contributed by atoms with Gasteiger partial charge in [0.15, 0.2) is 0 Å². The lowest BCUT2D eigenvalue weighted by Crippen LogP contribution is -2.34. The van der Waals surface area contributed by atoms with E-state index in [1.54, 1.807) is 19.2 Å². The topological polar surface area (TPSA) is 66.8 Å². The van der Waals surface area contributed by atoms with E-state index in [2.05, 4.69) is 15.9 Å². The highest BCUT2D eigenvalue weighted by Crippen LogP contribution is 2.27. The van der Waals surface area contributed by atoms with Gasteiger partial charge in [-0.25, -0.2) is 12.7 Å². The summed E-state index contributed by atoms with van der Waals surface area (Å²) >= 11 is 3.28. The minimum atomic E-state index is -3.57. The minimum Gasteiger partial charge on any atom is -0.392 e. The Morgan fingerprint density at radius 1 is 1.38 bits per heavy atom. The molecule has 0 bridgehead atoms. The predicted molar refractivity (Wildman–Crippen MR) is 83.4 cm³/mol. The zero-order valence-electron chi connectivity index (χ0n) is 12.0. The molecule has 2 rings (SSSR count). The molecule has 1 fully saturated rings. The maximum Gasteiger partial charge on any atom is 0.243 e. The van der Waals surface area contributed by atoms with Gasteiger partial charge in [-0.15, -0.1) is 0 Å². The van der Waals surface area contributed by atoms with Gasteiger partial charge in [0.2, 0.25) is 10.0 Å². The van der Waals surface area contributed by atoms with Crippen molar-refractivity contribution in [3.8, 4) is 0 Å². The number of aliphatic hydroxyl groups excluding tert-OH is 1. The van der Waals surface area contributed by atoms with E-state index < -0.39 is 10.0 Å². The molecule has 0 spiro atoms. The van der Waals surface area contributed by atoms with E-state index in [1.807, 2.05) is 0 Å². The second kappa shape index (κ2) is 7.19. The Labute approximate surface area is 134 Å². The molecular weight excluding hydrogens is 358 g/mol. The molecule has 0 radical (unpaired) electrons. The number of hydrogen-bond donors (Lipinski definition) is 1. The van der Waals surface area contributed by atoms with Crippen molar-refractivity contribution < 1.29 is 18.3 Å². The molecule has 118 valence electrons. The van der Waals surface area contributed by atoms with E-state index in [4.69, 9.17) is 4.74 Å². The molecule has 7 heteroatoms. The third-order valence-corrected chi connectivity index (χ3v) is 6.54. The lowest BCUT2D eigenvalue weighted by molar-refractivity contribution is 0.0620. The van der Waals surface area contributed by atoms with Gasteiger partial charge < -0.3 is 9.84 Å². The fourth-order valence-electron chi connectivity index (χ4n) is 2.40. The van der Waals surface area contributed by atoms with Gasteiger partial charge in [-0.1, -0.05) is 6.07 Å². The highest BCUT2D eigenvalue weighted by Gasteiger charge is 2.26. The molecule has 1 aromatic rings. The van der Waals surface area contributed by atoms with E-state index >= 15 is 0 Å². The van der Waals surface area contributed by atoms with Crippen molar-refractivity contribution in [3.05, 3.63) is 28.2 Å². The molecular formula is C14H20BrNO4S. The van der Waals surface area contributed by atoms with E-state index in [0.717, 1.165) is 12.8 Å². The quantitative estimate of drug-likeness (QED) is 0.851. The Kier molecular flexibility index (Phi) is 5.79. The third kappa shape index (κ3) is 4.04. The number of rotatable bonds is 5. The second-order valence-electron chi connectivity index (χ2n) is 5.26. The molecule has 1 aliphatic heterocycles. The average molecular weight is 378 g/mol. The summed E-state index contributed by atoms with van der Waals surface area (Å²) in [6, 6.07) is 4.86. The van der Waals surface area contributed by atoms with Crippen LogP contribution in [0.5, 0.6) is 0 Å². The smallest absolute Gasteiger partial charge is 0.243 e. The molecule has 0 amide bonds. The van der Waals surface area contributed by atoms with Crippen molar-refractivity contribution in [3.63, 3.8) is 0 Å². The maximum absolute atomic E-state index is 12.7. The van der Waals surface area contributed by atoms with Gasteiger partial charge in [0.1, 0.15) is 0 Å². The van der Waals surface area contributed by atoms with E-state index in [-0.39, 0.29) is 11.5 Å². The van der Waals surface area contributed by atoms with Gasteiger partial charge in [-0.05, 0) is 52.4 Å².